The van der Waals surface area contributed by atoms with Crippen LogP contribution in [0.5, 0.6) is 0 Å². The average Bonchev–Trinajstić information content (AvgIpc) is 2.14. The zero-order chi connectivity index (χ0) is 13.5. The second-order valence-corrected chi connectivity index (χ2v) is 6.98. The third-order valence-corrected chi connectivity index (χ3v) is 3.73. The first-order chi connectivity index (χ1) is 7.51. The van der Waals surface area contributed by atoms with Gasteiger partial charge in [0.1, 0.15) is 0 Å². The fraction of sp³-hybridized carbons (Fsp3) is 0.667. The molecule has 0 heterocycles. The Hall–Kier alpha value is -1.05. The molecular formula is C15H24O2. The van der Waals surface area contributed by atoms with Gasteiger partial charge in [-0.1, -0.05) is 59.8 Å². The van der Waals surface area contributed by atoms with Crippen LogP contribution in [0, 0.1) is 16.2 Å². The van der Waals surface area contributed by atoms with Gasteiger partial charge in [-0.05, 0) is 22.8 Å². The van der Waals surface area contributed by atoms with Crippen LogP contribution in [0.4, 0.5) is 0 Å². The lowest BCUT2D eigenvalue weighted by molar-refractivity contribution is -0.151. The molecule has 0 aromatic heterocycles. The van der Waals surface area contributed by atoms with Crippen molar-refractivity contribution in [1.29, 1.82) is 0 Å². The molecule has 0 aliphatic heterocycles. The largest absolute Gasteiger partial charge is 0.481 e. The molecule has 96 valence electrons. The van der Waals surface area contributed by atoms with Gasteiger partial charge < -0.3 is 5.11 Å². The summed E-state index contributed by atoms with van der Waals surface area (Å²) in [5.74, 6) is -0.726. The van der Waals surface area contributed by atoms with Crippen molar-refractivity contribution in [2.24, 2.45) is 16.2 Å². The molecule has 0 saturated heterocycles. The van der Waals surface area contributed by atoms with E-state index < -0.39 is 11.4 Å². The molecule has 0 aromatic rings. The average molecular weight is 236 g/mol. The number of allylic oxidation sites excluding steroid dienone is 3. The molecule has 2 nitrogen and oxygen atoms in total. The van der Waals surface area contributed by atoms with Crippen LogP contribution in [0.2, 0.25) is 0 Å². The van der Waals surface area contributed by atoms with Crippen molar-refractivity contribution >= 4 is 5.97 Å². The van der Waals surface area contributed by atoms with E-state index in [1.807, 2.05) is 32.9 Å². The standard InChI is InChI=1S/C15H24O2/c1-13(2,3)11-8-7-9-15(10-11,12(16)17)14(4,5)6/h7-8,10H,9H2,1-6H3,(H,16,17). The van der Waals surface area contributed by atoms with E-state index in [-0.39, 0.29) is 10.8 Å². The lowest BCUT2D eigenvalue weighted by Gasteiger charge is -2.41. The van der Waals surface area contributed by atoms with Crippen molar-refractivity contribution in [2.75, 3.05) is 0 Å². The Morgan fingerprint density at radius 1 is 1.24 bits per heavy atom. The summed E-state index contributed by atoms with van der Waals surface area (Å²) < 4.78 is 0. The molecule has 1 aliphatic carbocycles. The molecule has 1 unspecified atom stereocenters. The van der Waals surface area contributed by atoms with Crippen molar-refractivity contribution in [2.45, 2.75) is 48.0 Å². The summed E-state index contributed by atoms with van der Waals surface area (Å²) in [7, 11) is 0. The van der Waals surface area contributed by atoms with Gasteiger partial charge in [-0.15, -0.1) is 0 Å². The minimum Gasteiger partial charge on any atom is -0.481 e. The summed E-state index contributed by atoms with van der Waals surface area (Å²) in [6.07, 6.45) is 6.60. The van der Waals surface area contributed by atoms with E-state index in [4.69, 9.17) is 0 Å². The molecular weight excluding hydrogens is 212 g/mol. The zero-order valence-corrected chi connectivity index (χ0v) is 11.8. The fourth-order valence-electron chi connectivity index (χ4n) is 2.20. The molecule has 0 spiro atoms. The Morgan fingerprint density at radius 2 is 1.76 bits per heavy atom. The van der Waals surface area contributed by atoms with Crippen molar-refractivity contribution in [3.05, 3.63) is 23.8 Å². The van der Waals surface area contributed by atoms with E-state index >= 15 is 0 Å². The Balaban J connectivity index is 3.34. The molecule has 2 heteroatoms. The maximum Gasteiger partial charge on any atom is 0.314 e. The number of rotatable bonds is 1. The molecule has 0 saturated carbocycles. The molecule has 0 bridgehead atoms. The molecule has 0 aromatic carbocycles. The Kier molecular flexibility index (Phi) is 3.30. The number of aliphatic carboxylic acids is 1. The van der Waals surface area contributed by atoms with E-state index in [1.54, 1.807) is 0 Å². The summed E-state index contributed by atoms with van der Waals surface area (Å²) in [6, 6.07) is 0. The summed E-state index contributed by atoms with van der Waals surface area (Å²) in [6.45, 7) is 12.3. The number of carboxylic acids is 1. The van der Waals surface area contributed by atoms with Crippen molar-refractivity contribution < 1.29 is 9.90 Å². The second kappa shape index (κ2) is 4.01. The highest BCUT2D eigenvalue weighted by molar-refractivity contribution is 5.79. The molecule has 0 radical (unpaired) electrons. The Bertz CT molecular complexity index is 375. The Morgan fingerprint density at radius 3 is 2.12 bits per heavy atom. The fourth-order valence-corrected chi connectivity index (χ4v) is 2.20. The van der Waals surface area contributed by atoms with Crippen LogP contribution < -0.4 is 0 Å². The third kappa shape index (κ3) is 2.46. The van der Waals surface area contributed by atoms with Gasteiger partial charge in [-0.25, -0.2) is 0 Å². The van der Waals surface area contributed by atoms with Crippen molar-refractivity contribution in [3.63, 3.8) is 0 Å². The highest BCUT2D eigenvalue weighted by Crippen LogP contribution is 2.48. The SMILES string of the molecule is CC(C)(C)C1=CC(C(=O)O)(C(C)(C)C)CC=C1. The quantitative estimate of drug-likeness (QED) is 0.746. The van der Waals surface area contributed by atoms with Gasteiger partial charge in [0.2, 0.25) is 0 Å². The number of hydrogen-bond acceptors (Lipinski definition) is 1. The minimum atomic E-state index is -0.787. The van der Waals surface area contributed by atoms with Crippen molar-refractivity contribution in [3.8, 4) is 0 Å². The summed E-state index contributed by atoms with van der Waals surface area (Å²) in [5, 5.41) is 9.63. The van der Waals surface area contributed by atoms with Gasteiger partial charge in [-0.3, -0.25) is 4.79 Å². The Labute approximate surface area is 104 Å². The summed E-state index contributed by atoms with van der Waals surface area (Å²) in [5.41, 5.74) is 0.0222. The maximum absolute atomic E-state index is 11.7. The first-order valence-electron chi connectivity index (χ1n) is 6.14. The summed E-state index contributed by atoms with van der Waals surface area (Å²) in [4.78, 5) is 11.7. The molecule has 0 amide bonds. The number of hydrogen-bond donors (Lipinski definition) is 1. The molecule has 1 N–H and O–H groups in total. The van der Waals surface area contributed by atoms with E-state index in [0.29, 0.717) is 6.42 Å². The highest BCUT2D eigenvalue weighted by atomic mass is 16.4. The van der Waals surface area contributed by atoms with Gasteiger partial charge in [0, 0.05) is 0 Å². The normalized spacial score (nSPS) is 25.6. The number of carbonyl (C=O) groups is 1. The van der Waals surface area contributed by atoms with Crippen LogP contribution in [0.25, 0.3) is 0 Å². The lowest BCUT2D eigenvalue weighted by atomic mass is 9.61. The van der Waals surface area contributed by atoms with E-state index in [9.17, 15) is 9.90 Å². The monoisotopic (exact) mass is 236 g/mol. The topological polar surface area (TPSA) is 37.3 Å². The maximum atomic E-state index is 11.7. The van der Waals surface area contributed by atoms with Crippen LogP contribution in [-0.2, 0) is 4.79 Å². The molecule has 0 fully saturated rings. The van der Waals surface area contributed by atoms with Crippen LogP contribution in [0.1, 0.15) is 48.0 Å². The minimum absolute atomic E-state index is 0.0110. The third-order valence-electron chi connectivity index (χ3n) is 3.73. The van der Waals surface area contributed by atoms with Crippen LogP contribution in [0.15, 0.2) is 23.8 Å². The smallest absolute Gasteiger partial charge is 0.314 e. The molecule has 17 heavy (non-hydrogen) atoms. The summed E-state index contributed by atoms with van der Waals surface area (Å²) >= 11 is 0. The zero-order valence-electron chi connectivity index (χ0n) is 11.8. The van der Waals surface area contributed by atoms with Crippen LogP contribution >= 0.6 is 0 Å². The second-order valence-electron chi connectivity index (χ2n) is 6.98. The predicted molar refractivity (Wildman–Crippen MR) is 70.8 cm³/mol. The van der Waals surface area contributed by atoms with Gasteiger partial charge in [-0.2, -0.15) is 0 Å². The predicted octanol–water partition coefficient (Wildman–Crippen LogP) is 4.04. The highest BCUT2D eigenvalue weighted by Gasteiger charge is 2.47. The lowest BCUT2D eigenvalue weighted by Crippen LogP contribution is -2.42. The van der Waals surface area contributed by atoms with Gasteiger partial charge >= 0.3 is 5.97 Å². The first kappa shape index (κ1) is 14.0. The molecule has 1 aliphatic rings. The first-order valence-corrected chi connectivity index (χ1v) is 6.14. The van der Waals surface area contributed by atoms with E-state index in [0.717, 1.165) is 5.57 Å². The molecule has 1 atom stereocenters. The van der Waals surface area contributed by atoms with Crippen molar-refractivity contribution in [1.82, 2.24) is 0 Å². The van der Waals surface area contributed by atoms with Gasteiger partial charge in [0.05, 0.1) is 5.41 Å². The van der Waals surface area contributed by atoms with Crippen LogP contribution in [0.3, 0.4) is 0 Å². The van der Waals surface area contributed by atoms with Gasteiger partial charge in [0.15, 0.2) is 0 Å². The number of carboxylic acid groups (broad SMARTS) is 1. The van der Waals surface area contributed by atoms with E-state index in [1.165, 1.54) is 0 Å². The molecule has 1 rings (SSSR count). The van der Waals surface area contributed by atoms with Crippen LogP contribution in [-0.4, -0.2) is 11.1 Å². The van der Waals surface area contributed by atoms with Gasteiger partial charge in [0.25, 0.3) is 0 Å². The van der Waals surface area contributed by atoms with E-state index in [2.05, 4.69) is 26.8 Å².